The third-order valence-corrected chi connectivity index (χ3v) is 3.46. The summed E-state index contributed by atoms with van der Waals surface area (Å²) in [4.78, 5) is 2.16. The van der Waals surface area contributed by atoms with Crippen molar-refractivity contribution in [3.05, 3.63) is 22.4 Å². The maximum absolute atomic E-state index is 3.61. The van der Waals surface area contributed by atoms with Crippen LogP contribution in [0.5, 0.6) is 0 Å². The number of hydrogen-bond acceptors (Lipinski definition) is 1. The molecule has 2 unspecified atom stereocenters. The molecule has 0 saturated carbocycles. The minimum atomic E-state index is 0.629. The maximum Gasteiger partial charge on any atom is 0.0123 e. The average Bonchev–Trinajstić information content (AvgIpc) is 2.51. The third-order valence-electron chi connectivity index (χ3n) is 2.05. The SMILES string of the molecule is CCC(CC(C)Br)c1cccs1. The first kappa shape index (κ1) is 10.3. The van der Waals surface area contributed by atoms with Crippen LogP contribution in [0.15, 0.2) is 17.5 Å². The van der Waals surface area contributed by atoms with Gasteiger partial charge in [0.05, 0.1) is 0 Å². The smallest absolute Gasteiger partial charge is 0.0123 e. The van der Waals surface area contributed by atoms with Crippen LogP contribution in [0.2, 0.25) is 0 Å². The van der Waals surface area contributed by atoms with Gasteiger partial charge in [-0.25, -0.2) is 0 Å². The molecule has 0 aliphatic carbocycles. The summed E-state index contributed by atoms with van der Waals surface area (Å²) in [5, 5.41) is 2.16. The second-order valence-corrected chi connectivity index (χ2v) is 5.68. The first-order valence-electron chi connectivity index (χ1n) is 4.41. The van der Waals surface area contributed by atoms with Crippen molar-refractivity contribution in [2.24, 2.45) is 0 Å². The largest absolute Gasteiger partial charge is 0.149 e. The molecule has 1 aromatic rings. The zero-order valence-corrected chi connectivity index (χ0v) is 9.99. The van der Waals surface area contributed by atoms with Crippen molar-refractivity contribution >= 4 is 27.3 Å². The van der Waals surface area contributed by atoms with Gasteiger partial charge in [-0.3, -0.25) is 0 Å². The lowest BCUT2D eigenvalue weighted by molar-refractivity contribution is 0.617. The normalized spacial score (nSPS) is 15.9. The van der Waals surface area contributed by atoms with Crippen LogP contribution in [0.3, 0.4) is 0 Å². The van der Waals surface area contributed by atoms with E-state index in [4.69, 9.17) is 0 Å². The summed E-state index contributed by atoms with van der Waals surface area (Å²) in [6, 6.07) is 4.38. The Morgan fingerprint density at radius 3 is 2.75 bits per heavy atom. The van der Waals surface area contributed by atoms with Gasteiger partial charge in [-0.1, -0.05) is 35.8 Å². The molecule has 68 valence electrons. The van der Waals surface area contributed by atoms with Gasteiger partial charge in [-0.2, -0.15) is 0 Å². The summed E-state index contributed by atoms with van der Waals surface area (Å²) in [5.41, 5.74) is 0. The summed E-state index contributed by atoms with van der Waals surface area (Å²) in [6.45, 7) is 4.48. The van der Waals surface area contributed by atoms with Gasteiger partial charge in [-0.15, -0.1) is 11.3 Å². The fourth-order valence-corrected chi connectivity index (χ4v) is 2.78. The highest BCUT2D eigenvalue weighted by molar-refractivity contribution is 9.09. The van der Waals surface area contributed by atoms with E-state index < -0.39 is 0 Å². The standard InChI is InChI=1S/C10H15BrS/c1-3-9(7-8(2)11)10-5-4-6-12-10/h4-6,8-9H,3,7H2,1-2H3. The van der Waals surface area contributed by atoms with Gasteiger partial charge < -0.3 is 0 Å². The van der Waals surface area contributed by atoms with E-state index in [0.717, 1.165) is 5.92 Å². The molecule has 0 spiro atoms. The molecule has 0 radical (unpaired) electrons. The van der Waals surface area contributed by atoms with Crippen LogP contribution in [0.1, 0.15) is 37.5 Å². The first-order valence-corrected chi connectivity index (χ1v) is 6.21. The fraction of sp³-hybridized carbons (Fsp3) is 0.600. The number of rotatable bonds is 4. The zero-order chi connectivity index (χ0) is 8.97. The van der Waals surface area contributed by atoms with E-state index in [9.17, 15) is 0 Å². The lowest BCUT2D eigenvalue weighted by Crippen LogP contribution is -2.01. The molecule has 0 aliphatic rings. The number of hydrogen-bond donors (Lipinski definition) is 0. The molecule has 0 amide bonds. The van der Waals surface area contributed by atoms with E-state index >= 15 is 0 Å². The Labute approximate surface area is 87.1 Å². The van der Waals surface area contributed by atoms with Crippen LogP contribution in [0.25, 0.3) is 0 Å². The predicted molar refractivity (Wildman–Crippen MR) is 60.4 cm³/mol. The van der Waals surface area contributed by atoms with Gasteiger partial charge in [0, 0.05) is 9.70 Å². The van der Waals surface area contributed by atoms with E-state index in [1.807, 2.05) is 11.3 Å². The highest BCUT2D eigenvalue weighted by atomic mass is 79.9. The Hall–Kier alpha value is 0.180. The van der Waals surface area contributed by atoms with Gasteiger partial charge in [0.2, 0.25) is 0 Å². The molecule has 0 fully saturated rings. The first-order chi connectivity index (χ1) is 5.74. The zero-order valence-electron chi connectivity index (χ0n) is 7.59. The molecule has 0 bridgehead atoms. The number of thiophene rings is 1. The van der Waals surface area contributed by atoms with Gasteiger partial charge in [0.15, 0.2) is 0 Å². The lowest BCUT2D eigenvalue weighted by Gasteiger charge is -2.14. The van der Waals surface area contributed by atoms with Crippen molar-refractivity contribution in [1.82, 2.24) is 0 Å². The van der Waals surface area contributed by atoms with Crippen LogP contribution in [-0.2, 0) is 0 Å². The molecule has 0 nitrogen and oxygen atoms in total. The summed E-state index contributed by atoms with van der Waals surface area (Å²) >= 11 is 5.48. The summed E-state index contributed by atoms with van der Waals surface area (Å²) in [6.07, 6.45) is 2.49. The highest BCUT2D eigenvalue weighted by Crippen LogP contribution is 2.29. The molecule has 1 rings (SSSR count). The Balaban J connectivity index is 2.57. The summed E-state index contributed by atoms with van der Waals surface area (Å²) in [5.74, 6) is 0.749. The molecular formula is C10H15BrS. The molecule has 1 aromatic heterocycles. The predicted octanol–water partition coefficient (Wildman–Crippen LogP) is 4.42. The van der Waals surface area contributed by atoms with Crippen LogP contribution >= 0.6 is 27.3 Å². The van der Waals surface area contributed by atoms with Crippen LogP contribution in [-0.4, -0.2) is 4.83 Å². The minimum Gasteiger partial charge on any atom is -0.149 e. The summed E-state index contributed by atoms with van der Waals surface area (Å²) in [7, 11) is 0. The minimum absolute atomic E-state index is 0.629. The van der Waals surface area contributed by atoms with Crippen LogP contribution in [0.4, 0.5) is 0 Å². The van der Waals surface area contributed by atoms with E-state index in [0.29, 0.717) is 4.83 Å². The molecule has 12 heavy (non-hydrogen) atoms. The second-order valence-electron chi connectivity index (χ2n) is 3.14. The highest BCUT2D eigenvalue weighted by Gasteiger charge is 2.12. The van der Waals surface area contributed by atoms with E-state index in [1.54, 1.807) is 0 Å². The third kappa shape index (κ3) is 2.91. The van der Waals surface area contributed by atoms with Gasteiger partial charge in [0.1, 0.15) is 0 Å². The van der Waals surface area contributed by atoms with Gasteiger partial charge in [-0.05, 0) is 30.2 Å². The maximum atomic E-state index is 3.61. The van der Waals surface area contributed by atoms with E-state index in [1.165, 1.54) is 17.7 Å². The number of halogens is 1. The monoisotopic (exact) mass is 246 g/mol. The van der Waals surface area contributed by atoms with Crippen molar-refractivity contribution in [3.63, 3.8) is 0 Å². The fourth-order valence-electron chi connectivity index (χ4n) is 1.40. The quantitative estimate of drug-likeness (QED) is 0.691. The van der Waals surface area contributed by atoms with Crippen molar-refractivity contribution in [3.8, 4) is 0 Å². The molecular weight excluding hydrogens is 232 g/mol. The molecule has 2 atom stereocenters. The van der Waals surface area contributed by atoms with Crippen molar-refractivity contribution in [2.45, 2.75) is 37.4 Å². The Morgan fingerprint density at radius 2 is 2.33 bits per heavy atom. The Bertz CT molecular complexity index is 204. The Kier molecular flexibility index (Phi) is 4.30. The van der Waals surface area contributed by atoms with Gasteiger partial charge >= 0.3 is 0 Å². The number of alkyl halides is 1. The van der Waals surface area contributed by atoms with Crippen LogP contribution < -0.4 is 0 Å². The summed E-state index contributed by atoms with van der Waals surface area (Å²) < 4.78 is 0. The van der Waals surface area contributed by atoms with Crippen LogP contribution in [0, 0.1) is 0 Å². The molecule has 0 saturated heterocycles. The van der Waals surface area contributed by atoms with Crippen molar-refractivity contribution in [2.75, 3.05) is 0 Å². The van der Waals surface area contributed by atoms with Crippen molar-refractivity contribution in [1.29, 1.82) is 0 Å². The topological polar surface area (TPSA) is 0 Å². The van der Waals surface area contributed by atoms with Crippen molar-refractivity contribution < 1.29 is 0 Å². The lowest BCUT2D eigenvalue weighted by atomic mass is 9.99. The van der Waals surface area contributed by atoms with E-state index in [2.05, 4.69) is 47.3 Å². The molecule has 0 aromatic carbocycles. The Morgan fingerprint density at radius 1 is 1.58 bits per heavy atom. The average molecular weight is 247 g/mol. The molecule has 0 aliphatic heterocycles. The molecule has 2 heteroatoms. The molecule has 0 N–H and O–H groups in total. The molecule has 1 heterocycles. The second kappa shape index (κ2) is 5.03. The van der Waals surface area contributed by atoms with E-state index in [-0.39, 0.29) is 0 Å². The van der Waals surface area contributed by atoms with Gasteiger partial charge in [0.25, 0.3) is 0 Å².